The van der Waals surface area contributed by atoms with Crippen molar-refractivity contribution in [1.29, 1.82) is 0 Å². The second-order valence-electron chi connectivity index (χ2n) is 7.06. The largest absolute Gasteiger partial charge is 0.354 e. The SMILES string of the molecule is NCC(=O)N1CCN(C(=O)c2cccc(F)c2)C[C@H]1C(=O)N[C@@H]1CCCNC1=O. The van der Waals surface area contributed by atoms with E-state index in [4.69, 9.17) is 5.73 Å². The van der Waals surface area contributed by atoms with Crippen LogP contribution in [0.1, 0.15) is 23.2 Å². The van der Waals surface area contributed by atoms with Crippen LogP contribution in [0.2, 0.25) is 0 Å². The molecule has 0 unspecified atom stereocenters. The fourth-order valence-corrected chi connectivity index (χ4v) is 3.59. The van der Waals surface area contributed by atoms with Gasteiger partial charge in [0.25, 0.3) is 5.91 Å². The van der Waals surface area contributed by atoms with Crippen LogP contribution in [0.15, 0.2) is 24.3 Å². The lowest BCUT2D eigenvalue weighted by Crippen LogP contribution is -2.64. The normalized spacial score (nSPS) is 22.1. The molecule has 4 amide bonds. The van der Waals surface area contributed by atoms with Crippen LogP contribution < -0.4 is 16.4 Å². The van der Waals surface area contributed by atoms with Crippen LogP contribution in [0.3, 0.4) is 0 Å². The van der Waals surface area contributed by atoms with E-state index in [1.165, 1.54) is 28.0 Å². The average Bonchev–Trinajstić information content (AvgIpc) is 2.73. The Bertz CT molecular complexity index is 818. The molecule has 10 heteroatoms. The molecule has 0 radical (unpaired) electrons. The predicted octanol–water partition coefficient (Wildman–Crippen LogP) is -1.17. The van der Waals surface area contributed by atoms with Crippen LogP contribution >= 0.6 is 0 Å². The van der Waals surface area contributed by atoms with Crippen molar-refractivity contribution < 1.29 is 23.6 Å². The number of halogens is 1. The average molecular weight is 405 g/mol. The molecule has 4 N–H and O–H groups in total. The molecule has 3 rings (SSSR count). The molecule has 156 valence electrons. The first kappa shape index (κ1) is 20.7. The molecule has 0 spiro atoms. The second kappa shape index (κ2) is 8.99. The molecule has 1 aromatic rings. The monoisotopic (exact) mass is 405 g/mol. The Labute approximate surface area is 167 Å². The van der Waals surface area contributed by atoms with E-state index >= 15 is 0 Å². The smallest absolute Gasteiger partial charge is 0.254 e. The van der Waals surface area contributed by atoms with Crippen molar-refractivity contribution in [3.8, 4) is 0 Å². The highest BCUT2D eigenvalue weighted by Gasteiger charge is 2.38. The maximum Gasteiger partial charge on any atom is 0.254 e. The van der Waals surface area contributed by atoms with Crippen molar-refractivity contribution in [2.45, 2.75) is 24.9 Å². The lowest BCUT2D eigenvalue weighted by molar-refractivity contribution is -0.143. The summed E-state index contributed by atoms with van der Waals surface area (Å²) in [5, 5.41) is 5.36. The molecule has 29 heavy (non-hydrogen) atoms. The maximum absolute atomic E-state index is 13.5. The minimum absolute atomic E-state index is 0.0682. The zero-order valence-electron chi connectivity index (χ0n) is 15.9. The van der Waals surface area contributed by atoms with Crippen LogP contribution in [0, 0.1) is 5.82 Å². The number of piperazine rings is 1. The van der Waals surface area contributed by atoms with Crippen LogP contribution in [0.5, 0.6) is 0 Å². The summed E-state index contributed by atoms with van der Waals surface area (Å²) < 4.78 is 13.5. The Balaban J connectivity index is 1.76. The number of carbonyl (C=O) groups excluding carboxylic acids is 4. The van der Waals surface area contributed by atoms with Gasteiger partial charge in [0.05, 0.1) is 13.1 Å². The number of carbonyl (C=O) groups is 4. The van der Waals surface area contributed by atoms with Crippen molar-refractivity contribution in [2.75, 3.05) is 32.7 Å². The summed E-state index contributed by atoms with van der Waals surface area (Å²) in [7, 11) is 0. The third kappa shape index (κ3) is 4.70. The van der Waals surface area contributed by atoms with Crippen LogP contribution in [0.25, 0.3) is 0 Å². The summed E-state index contributed by atoms with van der Waals surface area (Å²) in [6.07, 6.45) is 1.23. The highest BCUT2D eigenvalue weighted by atomic mass is 19.1. The number of nitrogens with one attached hydrogen (secondary N) is 2. The van der Waals surface area contributed by atoms with Crippen molar-refractivity contribution in [2.24, 2.45) is 5.73 Å². The van der Waals surface area contributed by atoms with Crippen LogP contribution in [-0.4, -0.2) is 78.2 Å². The number of amides is 4. The lowest BCUT2D eigenvalue weighted by atomic mass is 10.0. The predicted molar refractivity (Wildman–Crippen MR) is 101 cm³/mol. The fraction of sp³-hybridized carbons (Fsp3) is 0.474. The van der Waals surface area contributed by atoms with Gasteiger partial charge in [0, 0.05) is 25.2 Å². The summed E-state index contributed by atoms with van der Waals surface area (Å²) in [5.41, 5.74) is 5.63. The van der Waals surface area contributed by atoms with E-state index in [0.717, 1.165) is 12.5 Å². The Hall–Kier alpha value is -3.01. The molecule has 2 saturated heterocycles. The first-order valence-electron chi connectivity index (χ1n) is 9.53. The number of benzene rings is 1. The van der Waals surface area contributed by atoms with Crippen molar-refractivity contribution in [3.63, 3.8) is 0 Å². The molecular formula is C19H24FN5O4. The molecule has 1 aromatic carbocycles. The van der Waals surface area contributed by atoms with E-state index in [1.54, 1.807) is 0 Å². The van der Waals surface area contributed by atoms with Gasteiger partial charge in [-0.05, 0) is 31.0 Å². The zero-order valence-corrected chi connectivity index (χ0v) is 15.9. The van der Waals surface area contributed by atoms with Gasteiger partial charge in [-0.1, -0.05) is 6.07 Å². The minimum atomic E-state index is -0.980. The molecule has 2 heterocycles. The van der Waals surface area contributed by atoms with E-state index in [2.05, 4.69) is 10.6 Å². The van der Waals surface area contributed by atoms with Crippen LogP contribution in [0.4, 0.5) is 4.39 Å². The number of nitrogens with two attached hydrogens (primary N) is 1. The number of rotatable bonds is 4. The van der Waals surface area contributed by atoms with Crippen molar-refractivity contribution >= 4 is 23.6 Å². The number of piperidine rings is 1. The summed E-state index contributed by atoms with van der Waals surface area (Å²) in [6.45, 7) is 0.524. The third-order valence-electron chi connectivity index (χ3n) is 5.14. The first-order valence-corrected chi connectivity index (χ1v) is 9.53. The minimum Gasteiger partial charge on any atom is -0.354 e. The molecule has 2 aliphatic heterocycles. The van der Waals surface area contributed by atoms with Crippen molar-refractivity contribution in [1.82, 2.24) is 20.4 Å². The van der Waals surface area contributed by atoms with Gasteiger partial charge in [0.1, 0.15) is 17.9 Å². The summed E-state index contributed by atoms with van der Waals surface area (Å²) in [4.78, 5) is 52.5. The van der Waals surface area contributed by atoms with Gasteiger partial charge in [-0.15, -0.1) is 0 Å². The standard InChI is InChI=1S/C19H24FN5O4/c20-13-4-1-3-12(9-13)19(29)24-7-8-25(16(26)10-21)15(11-24)18(28)23-14-5-2-6-22-17(14)27/h1,3-4,9,14-15H,2,5-8,10-11,21H2,(H,22,27)(H,23,28)/t14-,15+/m1/s1. The van der Waals surface area contributed by atoms with Gasteiger partial charge < -0.3 is 26.2 Å². The summed E-state index contributed by atoms with van der Waals surface area (Å²) >= 11 is 0. The first-order chi connectivity index (χ1) is 13.9. The van der Waals surface area contributed by atoms with Gasteiger partial charge in [-0.3, -0.25) is 19.2 Å². The second-order valence-corrected chi connectivity index (χ2v) is 7.06. The topological polar surface area (TPSA) is 125 Å². The van der Waals surface area contributed by atoms with E-state index in [-0.39, 0.29) is 37.6 Å². The molecule has 9 nitrogen and oxygen atoms in total. The number of nitrogens with zero attached hydrogens (tertiary/aromatic N) is 2. The van der Waals surface area contributed by atoms with E-state index < -0.39 is 35.6 Å². The molecule has 0 aliphatic carbocycles. The fourth-order valence-electron chi connectivity index (χ4n) is 3.59. The highest BCUT2D eigenvalue weighted by Crippen LogP contribution is 2.16. The Morgan fingerprint density at radius 3 is 2.76 bits per heavy atom. The van der Waals surface area contributed by atoms with E-state index in [1.807, 2.05) is 0 Å². The molecule has 2 aliphatic rings. The Morgan fingerprint density at radius 2 is 2.07 bits per heavy atom. The van der Waals surface area contributed by atoms with Gasteiger partial charge >= 0.3 is 0 Å². The van der Waals surface area contributed by atoms with Gasteiger partial charge in [-0.2, -0.15) is 0 Å². The molecule has 0 saturated carbocycles. The Kier molecular flexibility index (Phi) is 6.42. The lowest BCUT2D eigenvalue weighted by Gasteiger charge is -2.41. The molecule has 0 aromatic heterocycles. The van der Waals surface area contributed by atoms with Gasteiger partial charge in [0.15, 0.2) is 0 Å². The highest BCUT2D eigenvalue weighted by molar-refractivity contribution is 5.96. The number of hydrogen-bond acceptors (Lipinski definition) is 5. The Morgan fingerprint density at radius 1 is 1.28 bits per heavy atom. The zero-order chi connectivity index (χ0) is 21.0. The van der Waals surface area contributed by atoms with E-state index in [9.17, 15) is 23.6 Å². The van der Waals surface area contributed by atoms with Gasteiger partial charge in [0.2, 0.25) is 17.7 Å². The molecule has 0 bridgehead atoms. The third-order valence-corrected chi connectivity index (χ3v) is 5.14. The molecular weight excluding hydrogens is 381 g/mol. The number of hydrogen-bond donors (Lipinski definition) is 3. The van der Waals surface area contributed by atoms with Crippen molar-refractivity contribution in [3.05, 3.63) is 35.6 Å². The van der Waals surface area contributed by atoms with Crippen LogP contribution in [-0.2, 0) is 14.4 Å². The molecule has 2 fully saturated rings. The summed E-state index contributed by atoms with van der Waals surface area (Å²) in [6, 6.07) is 3.63. The van der Waals surface area contributed by atoms with E-state index in [0.29, 0.717) is 13.0 Å². The summed E-state index contributed by atoms with van der Waals surface area (Å²) in [5.74, 6) is -2.19. The maximum atomic E-state index is 13.5. The van der Waals surface area contributed by atoms with Gasteiger partial charge in [-0.25, -0.2) is 4.39 Å². The quantitative estimate of drug-likeness (QED) is 0.582. The molecule has 2 atom stereocenters.